The molecule has 1 aromatic rings. The van der Waals surface area contributed by atoms with Gasteiger partial charge in [0.2, 0.25) is 0 Å². The SMILES string of the molecule is CN1CCn2c1ccnc2=O. The monoisotopic (exact) mass is 151 g/mol. The molecule has 0 spiro atoms. The number of fused-ring (bicyclic) bond motifs is 1. The normalized spacial score (nSPS) is 15.2. The molecule has 58 valence electrons. The van der Waals surface area contributed by atoms with Crippen molar-refractivity contribution in [3.63, 3.8) is 0 Å². The van der Waals surface area contributed by atoms with Crippen LogP contribution in [0, 0.1) is 0 Å². The summed E-state index contributed by atoms with van der Waals surface area (Å²) in [4.78, 5) is 16.8. The summed E-state index contributed by atoms with van der Waals surface area (Å²) in [5, 5.41) is 0. The Balaban J connectivity index is 2.66. The first-order chi connectivity index (χ1) is 5.29. The van der Waals surface area contributed by atoms with E-state index in [0.29, 0.717) is 0 Å². The lowest BCUT2D eigenvalue weighted by atomic mass is 10.5. The third-order valence-electron chi connectivity index (χ3n) is 1.97. The summed E-state index contributed by atoms with van der Waals surface area (Å²) in [7, 11) is 1.97. The van der Waals surface area contributed by atoms with E-state index in [1.807, 2.05) is 18.0 Å². The van der Waals surface area contributed by atoms with Gasteiger partial charge < -0.3 is 4.90 Å². The van der Waals surface area contributed by atoms with E-state index in [4.69, 9.17) is 0 Å². The van der Waals surface area contributed by atoms with Crippen LogP contribution in [0.2, 0.25) is 0 Å². The lowest BCUT2D eigenvalue weighted by Crippen LogP contribution is -2.20. The first kappa shape index (κ1) is 6.39. The van der Waals surface area contributed by atoms with Crippen LogP contribution in [0.15, 0.2) is 17.1 Å². The van der Waals surface area contributed by atoms with Crippen LogP contribution in [0.4, 0.5) is 5.82 Å². The predicted octanol–water partition coefficient (Wildman–Crippen LogP) is -0.307. The van der Waals surface area contributed by atoms with Gasteiger partial charge in [-0.15, -0.1) is 0 Å². The average molecular weight is 151 g/mol. The molecule has 1 aliphatic rings. The Morgan fingerprint density at radius 1 is 1.55 bits per heavy atom. The number of aromatic nitrogens is 2. The molecule has 0 amide bonds. The molecular weight excluding hydrogens is 142 g/mol. The van der Waals surface area contributed by atoms with E-state index in [1.165, 1.54) is 0 Å². The zero-order chi connectivity index (χ0) is 7.84. The highest BCUT2D eigenvalue weighted by molar-refractivity contribution is 5.39. The highest BCUT2D eigenvalue weighted by Crippen LogP contribution is 2.14. The first-order valence-corrected chi connectivity index (χ1v) is 3.56. The van der Waals surface area contributed by atoms with Crippen LogP contribution in [0.1, 0.15) is 0 Å². The molecule has 0 saturated heterocycles. The van der Waals surface area contributed by atoms with Crippen LogP contribution in [-0.4, -0.2) is 23.1 Å². The van der Waals surface area contributed by atoms with Crippen molar-refractivity contribution in [2.45, 2.75) is 6.54 Å². The molecule has 0 atom stereocenters. The fourth-order valence-corrected chi connectivity index (χ4v) is 1.33. The van der Waals surface area contributed by atoms with Crippen molar-refractivity contribution in [1.82, 2.24) is 9.55 Å². The maximum atomic E-state index is 11.1. The topological polar surface area (TPSA) is 38.1 Å². The molecule has 2 rings (SSSR count). The Bertz CT molecular complexity index is 331. The second-order valence-corrected chi connectivity index (χ2v) is 2.66. The Kier molecular flexibility index (Phi) is 1.21. The Hall–Kier alpha value is -1.32. The van der Waals surface area contributed by atoms with Crippen molar-refractivity contribution < 1.29 is 0 Å². The van der Waals surface area contributed by atoms with Gasteiger partial charge in [-0.2, -0.15) is 0 Å². The summed E-state index contributed by atoms with van der Waals surface area (Å²) in [5.74, 6) is 0.963. The molecule has 4 heteroatoms. The van der Waals surface area contributed by atoms with E-state index in [1.54, 1.807) is 10.8 Å². The molecule has 4 nitrogen and oxygen atoms in total. The molecule has 0 N–H and O–H groups in total. The van der Waals surface area contributed by atoms with Crippen molar-refractivity contribution in [2.24, 2.45) is 0 Å². The highest BCUT2D eigenvalue weighted by atomic mass is 16.1. The van der Waals surface area contributed by atoms with Crippen LogP contribution >= 0.6 is 0 Å². The smallest absolute Gasteiger partial charge is 0.349 e. The average Bonchev–Trinajstić information content (AvgIpc) is 2.35. The first-order valence-electron chi connectivity index (χ1n) is 3.56. The van der Waals surface area contributed by atoms with Crippen LogP contribution < -0.4 is 10.6 Å². The molecule has 2 heterocycles. The molecule has 11 heavy (non-hydrogen) atoms. The number of rotatable bonds is 0. The third-order valence-corrected chi connectivity index (χ3v) is 1.97. The molecule has 0 fully saturated rings. The maximum Gasteiger partial charge on any atom is 0.349 e. The highest BCUT2D eigenvalue weighted by Gasteiger charge is 2.15. The number of hydrogen-bond acceptors (Lipinski definition) is 3. The van der Waals surface area contributed by atoms with Gasteiger partial charge >= 0.3 is 5.69 Å². The summed E-state index contributed by atoms with van der Waals surface area (Å²) in [6, 6.07) is 1.86. The molecule has 1 aliphatic heterocycles. The third kappa shape index (κ3) is 0.824. The molecule has 1 aromatic heterocycles. The lowest BCUT2D eigenvalue weighted by Gasteiger charge is -2.08. The zero-order valence-electron chi connectivity index (χ0n) is 6.32. The number of nitrogens with zero attached hydrogens (tertiary/aromatic N) is 3. The van der Waals surface area contributed by atoms with Crippen LogP contribution in [0.3, 0.4) is 0 Å². The molecule has 0 unspecified atom stereocenters. The standard InChI is InChI=1S/C7H9N3O/c1-9-4-5-10-6(9)2-3-8-7(10)11/h2-3H,4-5H2,1H3. The summed E-state index contributed by atoms with van der Waals surface area (Å²) in [6.07, 6.45) is 1.55. The van der Waals surface area contributed by atoms with E-state index < -0.39 is 0 Å². The van der Waals surface area contributed by atoms with Gasteiger partial charge in [-0.25, -0.2) is 9.78 Å². The molecule has 0 bridgehead atoms. The van der Waals surface area contributed by atoms with Crippen LogP contribution in [0.5, 0.6) is 0 Å². The molecule has 0 saturated carbocycles. The van der Waals surface area contributed by atoms with Crippen LogP contribution in [0.25, 0.3) is 0 Å². The van der Waals surface area contributed by atoms with Crippen molar-refractivity contribution in [2.75, 3.05) is 18.5 Å². The van der Waals surface area contributed by atoms with Gasteiger partial charge in [0.1, 0.15) is 5.82 Å². The van der Waals surface area contributed by atoms with E-state index in [2.05, 4.69) is 4.98 Å². The van der Waals surface area contributed by atoms with Gasteiger partial charge in [0.25, 0.3) is 0 Å². The van der Waals surface area contributed by atoms with Crippen LogP contribution in [-0.2, 0) is 6.54 Å². The minimum Gasteiger partial charge on any atom is -0.359 e. The Morgan fingerprint density at radius 3 is 3.09 bits per heavy atom. The summed E-state index contributed by atoms with van der Waals surface area (Å²) in [5.41, 5.74) is -0.146. The van der Waals surface area contributed by atoms with E-state index in [9.17, 15) is 4.79 Å². The predicted molar refractivity (Wildman–Crippen MR) is 41.8 cm³/mol. The second kappa shape index (κ2) is 2.08. The van der Waals surface area contributed by atoms with Crippen molar-refractivity contribution >= 4 is 5.82 Å². The number of anilines is 1. The van der Waals surface area contributed by atoms with Crippen molar-refractivity contribution in [3.8, 4) is 0 Å². The molecule has 0 aromatic carbocycles. The van der Waals surface area contributed by atoms with Gasteiger partial charge in [-0.3, -0.25) is 4.57 Å². The number of likely N-dealkylation sites (N-methyl/N-ethyl adjacent to an activating group) is 1. The van der Waals surface area contributed by atoms with Gasteiger partial charge in [0.15, 0.2) is 0 Å². The quantitative estimate of drug-likeness (QED) is 0.510. The van der Waals surface area contributed by atoms with Gasteiger partial charge in [-0.1, -0.05) is 0 Å². The molecule has 0 radical (unpaired) electrons. The van der Waals surface area contributed by atoms with Gasteiger partial charge in [0.05, 0.1) is 0 Å². The summed E-state index contributed by atoms with van der Waals surface area (Å²) in [6.45, 7) is 1.67. The van der Waals surface area contributed by atoms with E-state index >= 15 is 0 Å². The minimum atomic E-state index is -0.146. The Labute approximate surface area is 64.1 Å². The van der Waals surface area contributed by atoms with E-state index in [0.717, 1.165) is 18.9 Å². The zero-order valence-corrected chi connectivity index (χ0v) is 6.32. The summed E-state index contributed by atoms with van der Waals surface area (Å²) < 4.78 is 1.68. The molecular formula is C7H9N3O. The fraction of sp³-hybridized carbons (Fsp3) is 0.429. The minimum absolute atomic E-state index is 0.146. The van der Waals surface area contributed by atoms with Crippen molar-refractivity contribution in [3.05, 3.63) is 22.7 Å². The maximum absolute atomic E-state index is 11.1. The van der Waals surface area contributed by atoms with Gasteiger partial charge in [0, 0.05) is 26.3 Å². The lowest BCUT2D eigenvalue weighted by molar-refractivity contribution is 0.737. The fourth-order valence-electron chi connectivity index (χ4n) is 1.33. The van der Waals surface area contributed by atoms with Gasteiger partial charge in [-0.05, 0) is 6.07 Å². The van der Waals surface area contributed by atoms with E-state index in [-0.39, 0.29) is 5.69 Å². The summed E-state index contributed by atoms with van der Waals surface area (Å²) >= 11 is 0. The largest absolute Gasteiger partial charge is 0.359 e. The second-order valence-electron chi connectivity index (χ2n) is 2.66. The Morgan fingerprint density at radius 2 is 2.36 bits per heavy atom. The number of hydrogen-bond donors (Lipinski definition) is 0. The van der Waals surface area contributed by atoms with Crippen molar-refractivity contribution in [1.29, 1.82) is 0 Å². The molecule has 0 aliphatic carbocycles.